The van der Waals surface area contributed by atoms with Crippen LogP contribution in [0.1, 0.15) is 29.8 Å². The largest absolute Gasteiger partial charge is 0.483 e. The number of carboxylic acids is 1. The van der Waals surface area contributed by atoms with Crippen LogP contribution in [0.25, 0.3) is 0 Å². The molecule has 0 aliphatic heterocycles. The van der Waals surface area contributed by atoms with Crippen molar-refractivity contribution in [3.8, 4) is 5.75 Å². The fourth-order valence-corrected chi connectivity index (χ4v) is 2.45. The molecule has 0 saturated heterocycles. The van der Waals surface area contributed by atoms with E-state index < -0.39 is 5.97 Å². The van der Waals surface area contributed by atoms with Gasteiger partial charge in [-0.1, -0.05) is 15.9 Å². The summed E-state index contributed by atoms with van der Waals surface area (Å²) in [5.41, 5.74) is 0.716. The van der Waals surface area contributed by atoms with Crippen molar-refractivity contribution in [1.82, 2.24) is 4.90 Å². The Balaban J connectivity index is 2.93. The highest BCUT2D eigenvalue weighted by Gasteiger charge is 2.17. The van der Waals surface area contributed by atoms with Crippen molar-refractivity contribution in [2.24, 2.45) is 0 Å². The number of benzene rings is 1. The summed E-state index contributed by atoms with van der Waals surface area (Å²) in [5.74, 6) is -1.01. The average Bonchev–Trinajstić information content (AvgIpc) is 2.38. The molecule has 0 bridgehead atoms. The molecule has 1 N–H and O–H groups in total. The topological polar surface area (TPSA) is 66.8 Å². The number of aromatic carboxylic acids is 1. The molecule has 1 aromatic rings. The molecule has 0 heterocycles. The Hall–Kier alpha value is -1.56. The molecule has 0 saturated carbocycles. The molecule has 1 aromatic carbocycles. The molecular formula is C14H18BrNO4. The third kappa shape index (κ3) is 3.96. The predicted octanol–water partition coefficient (Wildman–Crippen LogP) is 2.70. The van der Waals surface area contributed by atoms with Crippen LogP contribution in [-0.2, 0) is 4.79 Å². The van der Waals surface area contributed by atoms with Gasteiger partial charge >= 0.3 is 5.97 Å². The van der Waals surface area contributed by atoms with Crippen LogP contribution < -0.4 is 4.74 Å². The first kappa shape index (κ1) is 16.5. The third-order valence-electron chi connectivity index (χ3n) is 2.93. The molecule has 5 nitrogen and oxygen atoms in total. The first-order chi connectivity index (χ1) is 9.40. The summed E-state index contributed by atoms with van der Waals surface area (Å²) in [4.78, 5) is 24.7. The number of nitrogens with zero attached hydrogens (tertiary/aromatic N) is 1. The maximum atomic E-state index is 11.9. The molecule has 0 atom stereocenters. The van der Waals surface area contributed by atoms with E-state index in [0.717, 1.165) is 0 Å². The zero-order valence-corrected chi connectivity index (χ0v) is 13.4. The van der Waals surface area contributed by atoms with Gasteiger partial charge in [0.05, 0.1) is 0 Å². The fraction of sp³-hybridized carbons (Fsp3) is 0.429. The Morgan fingerprint density at radius 1 is 1.30 bits per heavy atom. The SMILES string of the molecule is CCN(CC)C(=O)COc1c(C)cc(Br)cc1C(=O)O. The maximum Gasteiger partial charge on any atom is 0.339 e. The minimum atomic E-state index is -1.08. The van der Waals surface area contributed by atoms with Gasteiger partial charge in [-0.3, -0.25) is 4.79 Å². The second-order valence-corrected chi connectivity index (χ2v) is 5.17. The second kappa shape index (κ2) is 7.28. The summed E-state index contributed by atoms with van der Waals surface area (Å²) in [7, 11) is 0. The van der Waals surface area contributed by atoms with E-state index in [2.05, 4.69) is 15.9 Å². The molecular weight excluding hydrogens is 326 g/mol. The van der Waals surface area contributed by atoms with Crippen LogP contribution in [0.3, 0.4) is 0 Å². The standard InChI is InChI=1S/C14H18BrNO4/c1-4-16(5-2)12(17)8-20-13-9(3)6-10(15)7-11(13)14(18)19/h6-7H,4-5,8H2,1-3H3,(H,18,19). The van der Waals surface area contributed by atoms with Crippen molar-refractivity contribution in [2.75, 3.05) is 19.7 Å². The van der Waals surface area contributed by atoms with Crippen molar-refractivity contribution < 1.29 is 19.4 Å². The van der Waals surface area contributed by atoms with E-state index in [4.69, 9.17) is 4.74 Å². The lowest BCUT2D eigenvalue weighted by Crippen LogP contribution is -2.34. The van der Waals surface area contributed by atoms with Crippen LogP contribution in [-0.4, -0.2) is 41.6 Å². The van der Waals surface area contributed by atoms with E-state index in [1.807, 2.05) is 13.8 Å². The van der Waals surface area contributed by atoms with Crippen LogP contribution in [0.4, 0.5) is 0 Å². The third-order valence-corrected chi connectivity index (χ3v) is 3.38. The van der Waals surface area contributed by atoms with Crippen molar-refractivity contribution >= 4 is 27.8 Å². The number of carboxylic acid groups (broad SMARTS) is 1. The summed E-state index contributed by atoms with van der Waals surface area (Å²) in [5, 5.41) is 9.19. The van der Waals surface area contributed by atoms with Gasteiger partial charge in [0.25, 0.3) is 5.91 Å². The van der Waals surface area contributed by atoms with E-state index in [1.165, 1.54) is 6.07 Å². The lowest BCUT2D eigenvalue weighted by Gasteiger charge is -2.19. The van der Waals surface area contributed by atoms with Crippen molar-refractivity contribution in [3.05, 3.63) is 27.7 Å². The van der Waals surface area contributed by atoms with Gasteiger partial charge in [-0.15, -0.1) is 0 Å². The lowest BCUT2D eigenvalue weighted by molar-refractivity contribution is -0.133. The molecule has 6 heteroatoms. The van der Waals surface area contributed by atoms with Crippen LogP contribution in [0.2, 0.25) is 0 Å². The number of ether oxygens (including phenoxy) is 1. The molecule has 1 amide bonds. The van der Waals surface area contributed by atoms with E-state index in [0.29, 0.717) is 23.1 Å². The summed E-state index contributed by atoms with van der Waals surface area (Å²) < 4.78 is 6.10. The highest BCUT2D eigenvalue weighted by Crippen LogP contribution is 2.28. The number of amides is 1. The van der Waals surface area contributed by atoms with E-state index >= 15 is 0 Å². The van der Waals surface area contributed by atoms with Gasteiger partial charge in [0.2, 0.25) is 0 Å². The van der Waals surface area contributed by atoms with E-state index in [1.54, 1.807) is 17.9 Å². The number of rotatable bonds is 6. The zero-order valence-electron chi connectivity index (χ0n) is 11.8. The Morgan fingerprint density at radius 2 is 1.90 bits per heavy atom. The molecule has 0 aliphatic carbocycles. The van der Waals surface area contributed by atoms with Crippen LogP contribution in [0.5, 0.6) is 5.75 Å². The Bertz CT molecular complexity index is 512. The summed E-state index contributed by atoms with van der Waals surface area (Å²) in [6.07, 6.45) is 0. The first-order valence-corrected chi connectivity index (χ1v) is 7.14. The molecule has 0 radical (unpaired) electrons. The molecule has 0 aliphatic rings. The Kier molecular flexibility index (Phi) is 6.01. The molecule has 20 heavy (non-hydrogen) atoms. The number of likely N-dealkylation sites (N-methyl/N-ethyl adjacent to an activating group) is 1. The van der Waals surface area contributed by atoms with Crippen molar-refractivity contribution in [2.45, 2.75) is 20.8 Å². The number of aryl methyl sites for hydroxylation is 1. The summed E-state index contributed by atoms with van der Waals surface area (Å²) >= 11 is 3.25. The Morgan fingerprint density at radius 3 is 2.40 bits per heavy atom. The van der Waals surface area contributed by atoms with E-state index in [9.17, 15) is 14.7 Å². The molecule has 0 unspecified atom stereocenters. The van der Waals surface area contributed by atoms with Gasteiger partial charge in [-0.25, -0.2) is 4.79 Å². The molecule has 0 aromatic heterocycles. The maximum absolute atomic E-state index is 11.9. The van der Waals surface area contributed by atoms with Gasteiger partial charge in [0.1, 0.15) is 11.3 Å². The molecule has 1 rings (SSSR count). The molecule has 0 fully saturated rings. The normalized spacial score (nSPS) is 10.2. The highest BCUT2D eigenvalue weighted by atomic mass is 79.9. The smallest absolute Gasteiger partial charge is 0.339 e. The van der Waals surface area contributed by atoms with Gasteiger partial charge < -0.3 is 14.7 Å². The van der Waals surface area contributed by atoms with Gasteiger partial charge in [-0.05, 0) is 38.5 Å². The Labute approximate surface area is 126 Å². The number of hydrogen-bond donors (Lipinski definition) is 1. The number of halogens is 1. The fourth-order valence-electron chi connectivity index (χ4n) is 1.88. The first-order valence-electron chi connectivity index (χ1n) is 6.34. The molecule has 0 spiro atoms. The minimum absolute atomic E-state index is 0.0456. The zero-order chi connectivity index (χ0) is 15.3. The minimum Gasteiger partial charge on any atom is -0.483 e. The van der Waals surface area contributed by atoms with E-state index in [-0.39, 0.29) is 23.8 Å². The summed E-state index contributed by atoms with van der Waals surface area (Å²) in [6.45, 7) is 6.55. The van der Waals surface area contributed by atoms with Crippen LogP contribution in [0, 0.1) is 6.92 Å². The average molecular weight is 344 g/mol. The lowest BCUT2D eigenvalue weighted by atomic mass is 10.1. The quantitative estimate of drug-likeness (QED) is 0.862. The summed E-state index contributed by atoms with van der Waals surface area (Å²) in [6, 6.07) is 3.22. The van der Waals surface area contributed by atoms with Crippen molar-refractivity contribution in [1.29, 1.82) is 0 Å². The number of carbonyl (C=O) groups is 2. The monoisotopic (exact) mass is 343 g/mol. The van der Waals surface area contributed by atoms with Crippen LogP contribution >= 0.6 is 15.9 Å². The molecule has 110 valence electrons. The second-order valence-electron chi connectivity index (χ2n) is 4.26. The van der Waals surface area contributed by atoms with Crippen LogP contribution in [0.15, 0.2) is 16.6 Å². The number of hydrogen-bond acceptors (Lipinski definition) is 3. The van der Waals surface area contributed by atoms with Gasteiger partial charge in [0, 0.05) is 17.6 Å². The predicted molar refractivity (Wildman–Crippen MR) is 79.3 cm³/mol. The van der Waals surface area contributed by atoms with Crippen molar-refractivity contribution in [3.63, 3.8) is 0 Å². The number of carbonyl (C=O) groups excluding carboxylic acids is 1. The highest BCUT2D eigenvalue weighted by molar-refractivity contribution is 9.10. The van der Waals surface area contributed by atoms with Gasteiger partial charge in [-0.2, -0.15) is 0 Å². The van der Waals surface area contributed by atoms with Gasteiger partial charge in [0.15, 0.2) is 6.61 Å².